The van der Waals surface area contributed by atoms with Gasteiger partial charge in [0.2, 0.25) is 0 Å². The van der Waals surface area contributed by atoms with E-state index in [1.54, 1.807) is 30.0 Å². The molecule has 1 aromatic heterocycles. The van der Waals surface area contributed by atoms with Crippen molar-refractivity contribution in [2.45, 2.75) is 39.5 Å². The fraction of sp³-hybridized carbons (Fsp3) is 0.417. The van der Waals surface area contributed by atoms with Gasteiger partial charge in [0.15, 0.2) is 15.0 Å². The van der Waals surface area contributed by atoms with Gasteiger partial charge in [0.25, 0.3) is 5.91 Å². The van der Waals surface area contributed by atoms with Crippen molar-refractivity contribution in [1.82, 2.24) is 9.88 Å². The molecule has 172 valence electrons. The molecule has 3 aromatic rings. The molecule has 1 amide bonds. The molecule has 32 heavy (non-hydrogen) atoms. The highest BCUT2D eigenvalue weighted by molar-refractivity contribution is 7.91. The van der Waals surface area contributed by atoms with Crippen molar-refractivity contribution in [3.05, 3.63) is 53.1 Å². The van der Waals surface area contributed by atoms with E-state index >= 15 is 0 Å². The fourth-order valence-corrected chi connectivity index (χ4v) is 5.52. The van der Waals surface area contributed by atoms with E-state index in [-0.39, 0.29) is 16.6 Å². The SMILES string of the molecule is CCN(CC)CCN(C(=O)c1cccc(S(=O)(=O)CC)c1)c1nc2c(C)c(C)ccc2s1. The molecule has 2 aromatic carbocycles. The molecule has 0 bridgehead atoms. The number of anilines is 1. The fourth-order valence-electron chi connectivity index (χ4n) is 3.54. The monoisotopic (exact) mass is 473 g/mol. The Morgan fingerprint density at radius 1 is 1.03 bits per heavy atom. The predicted molar refractivity (Wildman–Crippen MR) is 133 cm³/mol. The summed E-state index contributed by atoms with van der Waals surface area (Å²) in [6.07, 6.45) is 0. The Hall–Kier alpha value is -2.29. The van der Waals surface area contributed by atoms with E-state index in [1.165, 1.54) is 17.4 Å². The maximum Gasteiger partial charge on any atom is 0.260 e. The van der Waals surface area contributed by atoms with Crippen molar-refractivity contribution in [2.24, 2.45) is 0 Å². The summed E-state index contributed by atoms with van der Waals surface area (Å²) in [6.45, 7) is 12.9. The van der Waals surface area contributed by atoms with Crippen LogP contribution in [0.1, 0.15) is 42.3 Å². The van der Waals surface area contributed by atoms with Gasteiger partial charge in [0, 0.05) is 18.7 Å². The molecule has 0 N–H and O–H groups in total. The van der Waals surface area contributed by atoms with Crippen LogP contribution in [0.3, 0.4) is 0 Å². The van der Waals surface area contributed by atoms with Crippen LogP contribution in [0, 0.1) is 13.8 Å². The standard InChI is InChI=1S/C24H31N3O3S2/c1-6-26(7-2)14-15-27(24-25-22-18(5)17(4)12-13-21(22)31-24)23(28)19-10-9-11-20(16-19)32(29,30)8-3/h9-13,16H,6-8,14-15H2,1-5H3. The van der Waals surface area contributed by atoms with Crippen LogP contribution in [-0.2, 0) is 9.84 Å². The van der Waals surface area contributed by atoms with Crippen LogP contribution in [0.5, 0.6) is 0 Å². The minimum absolute atomic E-state index is 0.00713. The third-order valence-corrected chi connectivity index (χ3v) is 8.68. The number of amides is 1. The first-order chi connectivity index (χ1) is 15.2. The lowest BCUT2D eigenvalue weighted by Gasteiger charge is -2.25. The zero-order chi connectivity index (χ0) is 23.5. The number of carbonyl (C=O) groups is 1. The molecule has 0 aliphatic carbocycles. The number of rotatable bonds is 9. The maximum absolute atomic E-state index is 13.6. The summed E-state index contributed by atoms with van der Waals surface area (Å²) in [5.74, 6) is -0.244. The molecule has 8 heteroatoms. The number of sulfone groups is 1. The highest BCUT2D eigenvalue weighted by Gasteiger charge is 2.24. The Kier molecular flexibility index (Phi) is 7.69. The lowest BCUT2D eigenvalue weighted by molar-refractivity contribution is 0.0983. The second kappa shape index (κ2) is 10.1. The van der Waals surface area contributed by atoms with Crippen LogP contribution in [-0.4, -0.2) is 56.1 Å². The van der Waals surface area contributed by atoms with Gasteiger partial charge < -0.3 is 4.90 Å². The topological polar surface area (TPSA) is 70.6 Å². The highest BCUT2D eigenvalue weighted by Crippen LogP contribution is 2.32. The Morgan fingerprint density at radius 3 is 2.41 bits per heavy atom. The number of carbonyl (C=O) groups excluding carboxylic acids is 1. The molecular formula is C24H31N3O3S2. The minimum atomic E-state index is -3.40. The van der Waals surface area contributed by atoms with Gasteiger partial charge in [-0.1, -0.05) is 44.2 Å². The molecule has 0 spiro atoms. The van der Waals surface area contributed by atoms with E-state index < -0.39 is 9.84 Å². The van der Waals surface area contributed by atoms with Gasteiger partial charge in [-0.15, -0.1) is 0 Å². The smallest absolute Gasteiger partial charge is 0.260 e. The number of aryl methyl sites for hydroxylation is 2. The van der Waals surface area contributed by atoms with Crippen molar-refractivity contribution >= 4 is 42.4 Å². The molecule has 3 rings (SSSR count). The number of benzene rings is 2. The van der Waals surface area contributed by atoms with Gasteiger partial charge in [-0.2, -0.15) is 0 Å². The number of hydrogen-bond acceptors (Lipinski definition) is 6. The van der Waals surface area contributed by atoms with Crippen LogP contribution in [0.4, 0.5) is 5.13 Å². The zero-order valence-electron chi connectivity index (χ0n) is 19.4. The van der Waals surface area contributed by atoms with Gasteiger partial charge in [-0.25, -0.2) is 13.4 Å². The predicted octanol–water partition coefficient (Wildman–Crippen LogP) is 4.70. The van der Waals surface area contributed by atoms with Crippen molar-refractivity contribution < 1.29 is 13.2 Å². The summed E-state index contributed by atoms with van der Waals surface area (Å²) in [7, 11) is -3.40. The minimum Gasteiger partial charge on any atom is -0.302 e. The first-order valence-electron chi connectivity index (χ1n) is 11.0. The first-order valence-corrected chi connectivity index (χ1v) is 13.4. The molecule has 1 heterocycles. The third-order valence-electron chi connectivity index (χ3n) is 5.90. The van der Waals surface area contributed by atoms with E-state index in [2.05, 4.69) is 31.7 Å². The molecule has 0 atom stereocenters. The Balaban J connectivity index is 2.04. The van der Waals surface area contributed by atoms with E-state index in [0.717, 1.165) is 34.4 Å². The van der Waals surface area contributed by atoms with E-state index in [9.17, 15) is 13.2 Å². The average Bonchev–Trinajstić information content (AvgIpc) is 3.23. The summed E-state index contributed by atoms with van der Waals surface area (Å²) in [5, 5.41) is 0.634. The second-order valence-electron chi connectivity index (χ2n) is 7.77. The number of fused-ring (bicyclic) bond motifs is 1. The molecule has 0 fully saturated rings. The van der Waals surface area contributed by atoms with E-state index in [4.69, 9.17) is 4.98 Å². The molecular weight excluding hydrogens is 442 g/mol. The summed E-state index contributed by atoms with van der Waals surface area (Å²) in [5.41, 5.74) is 3.53. The van der Waals surface area contributed by atoms with Crippen molar-refractivity contribution in [2.75, 3.05) is 36.8 Å². The van der Waals surface area contributed by atoms with Gasteiger partial charge in [-0.05, 0) is 62.3 Å². The summed E-state index contributed by atoms with van der Waals surface area (Å²) >= 11 is 1.49. The number of hydrogen-bond donors (Lipinski definition) is 0. The van der Waals surface area contributed by atoms with Crippen LogP contribution < -0.4 is 4.90 Å². The molecule has 0 saturated carbocycles. The summed E-state index contributed by atoms with van der Waals surface area (Å²) in [4.78, 5) is 22.5. The van der Waals surface area contributed by atoms with Crippen LogP contribution in [0.15, 0.2) is 41.3 Å². The molecule has 0 saturated heterocycles. The zero-order valence-corrected chi connectivity index (χ0v) is 21.0. The normalized spacial score (nSPS) is 11.9. The Bertz CT molecular complexity index is 1210. The van der Waals surface area contributed by atoms with Crippen molar-refractivity contribution in [3.8, 4) is 0 Å². The van der Waals surface area contributed by atoms with Gasteiger partial charge in [0.1, 0.15) is 0 Å². The Labute approximate surface area is 194 Å². The molecule has 0 unspecified atom stereocenters. The molecule has 0 aliphatic rings. The number of thiazole rings is 1. The summed E-state index contributed by atoms with van der Waals surface area (Å²) in [6, 6.07) is 10.4. The molecule has 0 aliphatic heterocycles. The first kappa shape index (κ1) is 24.4. The van der Waals surface area contributed by atoms with Gasteiger partial charge >= 0.3 is 0 Å². The molecule has 0 radical (unpaired) electrons. The maximum atomic E-state index is 13.6. The van der Waals surface area contributed by atoms with E-state index in [1.807, 2.05) is 13.0 Å². The molecule has 6 nitrogen and oxygen atoms in total. The Morgan fingerprint density at radius 2 is 1.75 bits per heavy atom. The number of aromatic nitrogens is 1. The average molecular weight is 474 g/mol. The lowest BCUT2D eigenvalue weighted by atomic mass is 10.1. The third kappa shape index (κ3) is 5.03. The highest BCUT2D eigenvalue weighted by atomic mass is 32.2. The van der Waals surface area contributed by atoms with E-state index in [0.29, 0.717) is 23.8 Å². The van der Waals surface area contributed by atoms with Gasteiger partial charge in [0.05, 0.1) is 20.9 Å². The number of nitrogens with zero attached hydrogens (tertiary/aromatic N) is 3. The lowest BCUT2D eigenvalue weighted by Crippen LogP contribution is -2.39. The number of likely N-dealkylation sites (N-methyl/N-ethyl adjacent to an activating group) is 1. The van der Waals surface area contributed by atoms with Crippen LogP contribution >= 0.6 is 11.3 Å². The van der Waals surface area contributed by atoms with Crippen LogP contribution in [0.25, 0.3) is 10.2 Å². The van der Waals surface area contributed by atoms with Crippen molar-refractivity contribution in [1.29, 1.82) is 0 Å². The second-order valence-corrected chi connectivity index (χ2v) is 11.1. The largest absolute Gasteiger partial charge is 0.302 e. The summed E-state index contributed by atoms with van der Waals surface area (Å²) < 4.78 is 25.7. The van der Waals surface area contributed by atoms with Crippen molar-refractivity contribution in [3.63, 3.8) is 0 Å². The van der Waals surface area contributed by atoms with Gasteiger partial charge in [-0.3, -0.25) is 9.69 Å². The quantitative estimate of drug-likeness (QED) is 0.451. The van der Waals surface area contributed by atoms with Crippen LogP contribution in [0.2, 0.25) is 0 Å².